The Balaban J connectivity index is 2.64. The Morgan fingerprint density at radius 1 is 1.29 bits per heavy atom. The van der Waals surface area contributed by atoms with Gasteiger partial charge >= 0.3 is 6.09 Å². The summed E-state index contributed by atoms with van der Waals surface area (Å²) in [5.74, 6) is 0. The molecule has 1 amide bonds. The highest BCUT2D eigenvalue weighted by Crippen LogP contribution is 2.23. The summed E-state index contributed by atoms with van der Waals surface area (Å²) in [7, 11) is 0. The number of aliphatic hydroxyl groups is 2. The van der Waals surface area contributed by atoms with E-state index in [1.807, 2.05) is 30.3 Å². The highest BCUT2D eigenvalue weighted by atomic mass is 16.6. The largest absolute Gasteiger partial charge is 0.442 e. The predicted octanol–water partition coefficient (Wildman–Crippen LogP) is 0.956. The van der Waals surface area contributed by atoms with E-state index >= 15 is 0 Å². The number of aliphatic hydroxyl groups excluding tert-OH is 2. The van der Waals surface area contributed by atoms with Gasteiger partial charge in [-0.1, -0.05) is 30.3 Å². The summed E-state index contributed by atoms with van der Waals surface area (Å²) >= 11 is 0. The van der Waals surface area contributed by atoms with Gasteiger partial charge in [-0.15, -0.1) is 0 Å². The highest BCUT2D eigenvalue weighted by molar-refractivity contribution is 5.65. The van der Waals surface area contributed by atoms with Crippen LogP contribution in [0.3, 0.4) is 0 Å². The average Bonchev–Trinajstić information content (AvgIpc) is 2.34. The summed E-state index contributed by atoms with van der Waals surface area (Å²) in [6.45, 7) is -0.307. The number of primary amides is 1. The zero-order valence-electron chi connectivity index (χ0n) is 9.45. The summed E-state index contributed by atoms with van der Waals surface area (Å²) in [5, 5.41) is 18.0. The summed E-state index contributed by atoms with van der Waals surface area (Å²) in [6, 6.07) is 9.15. The van der Waals surface area contributed by atoms with Crippen LogP contribution < -0.4 is 5.73 Å². The second kappa shape index (κ2) is 6.88. The molecule has 17 heavy (non-hydrogen) atoms. The average molecular weight is 239 g/mol. The maximum atomic E-state index is 10.8. The van der Waals surface area contributed by atoms with E-state index in [-0.39, 0.29) is 6.61 Å². The van der Waals surface area contributed by atoms with Gasteiger partial charge in [-0.05, 0) is 18.4 Å². The van der Waals surface area contributed by atoms with E-state index in [4.69, 9.17) is 15.6 Å². The quantitative estimate of drug-likeness (QED) is 0.689. The minimum absolute atomic E-state index is 0.307. The van der Waals surface area contributed by atoms with Crippen molar-refractivity contribution in [3.8, 4) is 0 Å². The lowest BCUT2D eigenvalue weighted by Gasteiger charge is -2.18. The molecule has 0 bridgehead atoms. The molecule has 0 spiro atoms. The second-order valence-corrected chi connectivity index (χ2v) is 3.75. The van der Waals surface area contributed by atoms with Crippen molar-refractivity contribution in [1.82, 2.24) is 0 Å². The molecule has 5 heteroatoms. The molecular formula is C12H17NO4. The Hall–Kier alpha value is -1.59. The van der Waals surface area contributed by atoms with Gasteiger partial charge in [0.25, 0.3) is 0 Å². The zero-order chi connectivity index (χ0) is 12.7. The van der Waals surface area contributed by atoms with Crippen LogP contribution in [0, 0.1) is 0 Å². The van der Waals surface area contributed by atoms with Crippen molar-refractivity contribution in [1.29, 1.82) is 0 Å². The van der Waals surface area contributed by atoms with Crippen LogP contribution in [0.5, 0.6) is 0 Å². The van der Waals surface area contributed by atoms with E-state index in [2.05, 4.69) is 0 Å². The van der Waals surface area contributed by atoms with Crippen LogP contribution in [0.2, 0.25) is 0 Å². The molecule has 0 radical (unpaired) electrons. The Morgan fingerprint density at radius 2 is 1.94 bits per heavy atom. The van der Waals surface area contributed by atoms with E-state index in [9.17, 15) is 9.90 Å². The number of amides is 1. The molecule has 5 nitrogen and oxygen atoms in total. The minimum atomic E-state index is -0.850. The van der Waals surface area contributed by atoms with Crippen LogP contribution in [-0.2, 0) is 4.74 Å². The number of carbonyl (C=O) groups excluding carboxylic acids is 1. The van der Waals surface area contributed by atoms with Gasteiger partial charge in [0.1, 0.15) is 6.10 Å². The maximum Gasteiger partial charge on any atom is 0.405 e. The molecule has 1 aromatic carbocycles. The fourth-order valence-electron chi connectivity index (χ4n) is 1.54. The first-order chi connectivity index (χ1) is 8.13. The van der Waals surface area contributed by atoms with E-state index in [0.717, 1.165) is 5.56 Å². The number of benzene rings is 1. The standard InChI is InChI=1S/C12H17NO4/c13-12(16)17-11(7-6-10(15)8-14)9-4-2-1-3-5-9/h1-5,10-11,14-15H,6-8H2,(H2,13,16). The SMILES string of the molecule is NC(=O)OC(CCC(O)CO)c1ccccc1. The zero-order valence-corrected chi connectivity index (χ0v) is 9.45. The van der Waals surface area contributed by atoms with Crippen molar-refractivity contribution in [3.05, 3.63) is 35.9 Å². The molecule has 0 aliphatic heterocycles. The molecular weight excluding hydrogens is 222 g/mol. The molecule has 1 rings (SSSR count). The number of ether oxygens (including phenoxy) is 1. The lowest BCUT2D eigenvalue weighted by atomic mass is 10.0. The fourth-order valence-corrected chi connectivity index (χ4v) is 1.54. The smallest absolute Gasteiger partial charge is 0.405 e. The molecule has 2 unspecified atom stereocenters. The van der Waals surface area contributed by atoms with Gasteiger partial charge < -0.3 is 20.7 Å². The third-order valence-corrected chi connectivity index (χ3v) is 2.40. The van der Waals surface area contributed by atoms with Crippen LogP contribution in [0.1, 0.15) is 24.5 Å². The lowest BCUT2D eigenvalue weighted by Crippen LogP contribution is -2.20. The van der Waals surface area contributed by atoms with Crippen molar-refractivity contribution in [3.63, 3.8) is 0 Å². The third-order valence-electron chi connectivity index (χ3n) is 2.40. The van der Waals surface area contributed by atoms with Gasteiger partial charge in [0.15, 0.2) is 0 Å². The number of rotatable bonds is 6. The van der Waals surface area contributed by atoms with E-state index in [1.165, 1.54) is 0 Å². The van der Waals surface area contributed by atoms with Crippen molar-refractivity contribution in [2.75, 3.05) is 6.61 Å². The number of nitrogens with two attached hydrogens (primary N) is 1. The lowest BCUT2D eigenvalue weighted by molar-refractivity contribution is 0.0585. The van der Waals surface area contributed by atoms with Gasteiger partial charge in [0.05, 0.1) is 12.7 Å². The van der Waals surface area contributed by atoms with Gasteiger partial charge in [0.2, 0.25) is 0 Å². The van der Waals surface area contributed by atoms with E-state index in [1.54, 1.807) is 0 Å². The Labute approximate surface area is 99.8 Å². The Kier molecular flexibility index (Phi) is 5.45. The molecule has 94 valence electrons. The second-order valence-electron chi connectivity index (χ2n) is 3.75. The van der Waals surface area contributed by atoms with Crippen molar-refractivity contribution >= 4 is 6.09 Å². The van der Waals surface area contributed by atoms with Crippen LogP contribution in [0.25, 0.3) is 0 Å². The van der Waals surface area contributed by atoms with Gasteiger partial charge in [-0.2, -0.15) is 0 Å². The number of hydrogen-bond donors (Lipinski definition) is 3. The van der Waals surface area contributed by atoms with E-state index < -0.39 is 18.3 Å². The first-order valence-electron chi connectivity index (χ1n) is 5.43. The maximum absolute atomic E-state index is 10.8. The predicted molar refractivity (Wildman–Crippen MR) is 62.2 cm³/mol. The van der Waals surface area contributed by atoms with Gasteiger partial charge in [0, 0.05) is 0 Å². The number of hydrogen-bond acceptors (Lipinski definition) is 4. The van der Waals surface area contributed by atoms with Gasteiger partial charge in [-0.25, -0.2) is 4.79 Å². The minimum Gasteiger partial charge on any atom is -0.442 e. The monoisotopic (exact) mass is 239 g/mol. The molecule has 0 saturated carbocycles. The summed E-state index contributed by atoms with van der Waals surface area (Å²) in [6.07, 6.45) is -1.40. The topological polar surface area (TPSA) is 92.8 Å². The Bertz CT molecular complexity index is 342. The van der Waals surface area contributed by atoms with Crippen LogP contribution >= 0.6 is 0 Å². The summed E-state index contributed by atoms with van der Waals surface area (Å²) in [5.41, 5.74) is 5.81. The van der Waals surface area contributed by atoms with Gasteiger partial charge in [-0.3, -0.25) is 0 Å². The molecule has 0 heterocycles. The molecule has 0 aliphatic carbocycles. The van der Waals surface area contributed by atoms with Crippen molar-refractivity contribution in [2.24, 2.45) is 5.73 Å². The van der Waals surface area contributed by atoms with Crippen LogP contribution in [0.15, 0.2) is 30.3 Å². The normalized spacial score (nSPS) is 14.0. The fraction of sp³-hybridized carbons (Fsp3) is 0.417. The van der Waals surface area contributed by atoms with Crippen LogP contribution in [0.4, 0.5) is 4.79 Å². The first kappa shape index (κ1) is 13.5. The van der Waals surface area contributed by atoms with E-state index in [0.29, 0.717) is 12.8 Å². The van der Waals surface area contributed by atoms with Crippen LogP contribution in [-0.4, -0.2) is 29.0 Å². The molecule has 0 aliphatic rings. The summed E-state index contributed by atoms with van der Waals surface area (Å²) in [4.78, 5) is 10.8. The third kappa shape index (κ3) is 4.84. The Morgan fingerprint density at radius 3 is 2.47 bits per heavy atom. The molecule has 0 aromatic heterocycles. The molecule has 1 aromatic rings. The molecule has 0 fully saturated rings. The summed E-state index contributed by atoms with van der Waals surface area (Å²) < 4.78 is 4.98. The molecule has 0 saturated heterocycles. The highest BCUT2D eigenvalue weighted by Gasteiger charge is 2.16. The molecule has 2 atom stereocenters. The first-order valence-corrected chi connectivity index (χ1v) is 5.43. The van der Waals surface area contributed by atoms with Crippen molar-refractivity contribution < 1.29 is 19.7 Å². The number of carbonyl (C=O) groups is 1. The molecule has 4 N–H and O–H groups in total. The van der Waals surface area contributed by atoms with Crippen molar-refractivity contribution in [2.45, 2.75) is 25.0 Å².